The van der Waals surface area contributed by atoms with Gasteiger partial charge in [-0.2, -0.15) is 0 Å². The van der Waals surface area contributed by atoms with Crippen molar-refractivity contribution in [2.45, 2.75) is 26.2 Å². The van der Waals surface area contributed by atoms with E-state index in [2.05, 4.69) is 10.6 Å². The average molecular weight is 276 g/mol. The number of hydrogen-bond acceptors (Lipinski definition) is 3. The van der Waals surface area contributed by atoms with Gasteiger partial charge in [0, 0.05) is 6.54 Å². The number of carbonyl (C=O) groups is 1. The Balaban J connectivity index is 1.67. The molecule has 1 amide bonds. The lowest BCUT2D eigenvalue weighted by Gasteiger charge is -2.09. The van der Waals surface area contributed by atoms with Crippen LogP contribution >= 0.6 is 0 Å². The van der Waals surface area contributed by atoms with Gasteiger partial charge in [0.15, 0.2) is 0 Å². The normalized spacial score (nSPS) is 17.9. The third kappa shape index (κ3) is 4.85. The predicted octanol–water partition coefficient (Wildman–Crippen LogP) is 1.74. The summed E-state index contributed by atoms with van der Waals surface area (Å²) < 4.78 is 5.38. The van der Waals surface area contributed by atoms with E-state index < -0.39 is 0 Å². The standard InChI is InChI=1S/C16H24N2O2/c1-2-20-15-5-3-13(4-6-15)11-16(19)18-10-8-14-7-9-17-12-14/h3-6,14,17H,2,7-12H2,1H3,(H,18,19). The van der Waals surface area contributed by atoms with Gasteiger partial charge >= 0.3 is 0 Å². The molecule has 20 heavy (non-hydrogen) atoms. The molecule has 1 unspecified atom stereocenters. The summed E-state index contributed by atoms with van der Waals surface area (Å²) in [6.07, 6.45) is 2.74. The minimum atomic E-state index is 0.0973. The van der Waals surface area contributed by atoms with Gasteiger partial charge in [-0.3, -0.25) is 4.79 Å². The lowest BCUT2D eigenvalue weighted by Crippen LogP contribution is -2.27. The Labute approximate surface area is 120 Å². The first-order chi connectivity index (χ1) is 9.78. The van der Waals surface area contributed by atoms with Crippen LogP contribution in [-0.2, 0) is 11.2 Å². The fourth-order valence-electron chi connectivity index (χ4n) is 2.49. The monoisotopic (exact) mass is 276 g/mol. The quantitative estimate of drug-likeness (QED) is 0.797. The zero-order chi connectivity index (χ0) is 14.2. The molecule has 4 heteroatoms. The zero-order valence-electron chi connectivity index (χ0n) is 12.2. The maximum atomic E-state index is 11.8. The highest BCUT2D eigenvalue weighted by Gasteiger charge is 2.14. The molecule has 2 N–H and O–H groups in total. The van der Waals surface area contributed by atoms with E-state index in [1.807, 2.05) is 31.2 Å². The third-order valence-corrected chi connectivity index (χ3v) is 3.64. The number of benzene rings is 1. The maximum absolute atomic E-state index is 11.8. The number of carbonyl (C=O) groups excluding carboxylic acids is 1. The number of hydrogen-bond donors (Lipinski definition) is 2. The summed E-state index contributed by atoms with van der Waals surface area (Å²) in [4.78, 5) is 11.8. The van der Waals surface area contributed by atoms with Crippen LogP contribution in [0.25, 0.3) is 0 Å². The van der Waals surface area contributed by atoms with Crippen LogP contribution in [0, 0.1) is 5.92 Å². The molecule has 1 aliphatic rings. The van der Waals surface area contributed by atoms with Crippen molar-refractivity contribution in [2.75, 3.05) is 26.2 Å². The average Bonchev–Trinajstić information content (AvgIpc) is 2.94. The molecular weight excluding hydrogens is 252 g/mol. The second-order valence-corrected chi connectivity index (χ2v) is 5.25. The van der Waals surface area contributed by atoms with Crippen LogP contribution in [0.1, 0.15) is 25.3 Å². The molecule has 110 valence electrons. The molecular formula is C16H24N2O2. The molecule has 1 fully saturated rings. The molecule has 1 atom stereocenters. The molecule has 0 bridgehead atoms. The van der Waals surface area contributed by atoms with Gasteiger partial charge in [-0.25, -0.2) is 0 Å². The minimum absolute atomic E-state index is 0.0973. The van der Waals surface area contributed by atoms with Gasteiger partial charge in [-0.1, -0.05) is 12.1 Å². The van der Waals surface area contributed by atoms with E-state index in [0.717, 1.165) is 43.3 Å². The molecule has 2 rings (SSSR count). The molecule has 0 aliphatic carbocycles. The van der Waals surface area contributed by atoms with Crippen molar-refractivity contribution in [3.05, 3.63) is 29.8 Å². The first kappa shape index (κ1) is 14.9. The van der Waals surface area contributed by atoms with Crippen molar-refractivity contribution in [1.29, 1.82) is 0 Å². The Hall–Kier alpha value is -1.55. The van der Waals surface area contributed by atoms with Crippen LogP contribution in [-0.4, -0.2) is 32.1 Å². The van der Waals surface area contributed by atoms with Crippen molar-refractivity contribution in [2.24, 2.45) is 5.92 Å². The minimum Gasteiger partial charge on any atom is -0.494 e. The van der Waals surface area contributed by atoms with E-state index in [-0.39, 0.29) is 5.91 Å². The first-order valence-corrected chi connectivity index (χ1v) is 7.47. The van der Waals surface area contributed by atoms with Crippen LogP contribution in [0.2, 0.25) is 0 Å². The Kier molecular flexibility index (Phi) is 5.87. The Bertz CT molecular complexity index is 411. The van der Waals surface area contributed by atoms with Gasteiger partial charge in [-0.15, -0.1) is 0 Å². The fraction of sp³-hybridized carbons (Fsp3) is 0.562. The van der Waals surface area contributed by atoms with Crippen LogP contribution in [0.3, 0.4) is 0 Å². The number of nitrogens with one attached hydrogen (secondary N) is 2. The van der Waals surface area contributed by atoms with Crippen molar-refractivity contribution >= 4 is 5.91 Å². The van der Waals surface area contributed by atoms with E-state index in [1.165, 1.54) is 6.42 Å². The summed E-state index contributed by atoms with van der Waals surface area (Å²) in [5.41, 5.74) is 1.02. The van der Waals surface area contributed by atoms with Crippen LogP contribution < -0.4 is 15.4 Å². The van der Waals surface area contributed by atoms with Gasteiger partial charge in [0.2, 0.25) is 5.91 Å². The first-order valence-electron chi connectivity index (χ1n) is 7.47. The summed E-state index contributed by atoms with van der Waals surface area (Å²) in [5.74, 6) is 1.67. The van der Waals surface area contributed by atoms with Crippen molar-refractivity contribution in [1.82, 2.24) is 10.6 Å². The summed E-state index contributed by atoms with van der Waals surface area (Å²) in [6, 6.07) is 7.73. The molecule has 1 saturated heterocycles. The highest BCUT2D eigenvalue weighted by atomic mass is 16.5. The van der Waals surface area contributed by atoms with Gasteiger partial charge in [-0.05, 0) is 56.5 Å². The molecule has 1 aromatic carbocycles. The Morgan fingerprint density at radius 3 is 2.85 bits per heavy atom. The molecule has 1 aromatic rings. The van der Waals surface area contributed by atoms with Crippen molar-refractivity contribution in [3.8, 4) is 5.75 Å². The van der Waals surface area contributed by atoms with E-state index in [1.54, 1.807) is 0 Å². The molecule has 0 saturated carbocycles. The SMILES string of the molecule is CCOc1ccc(CC(=O)NCCC2CCNC2)cc1. The van der Waals surface area contributed by atoms with Crippen LogP contribution in [0.5, 0.6) is 5.75 Å². The summed E-state index contributed by atoms with van der Waals surface area (Å²) in [5, 5.41) is 6.34. The highest BCUT2D eigenvalue weighted by Crippen LogP contribution is 2.13. The van der Waals surface area contributed by atoms with E-state index in [4.69, 9.17) is 4.74 Å². The van der Waals surface area contributed by atoms with Crippen LogP contribution in [0.4, 0.5) is 0 Å². The van der Waals surface area contributed by atoms with Gasteiger partial charge < -0.3 is 15.4 Å². The number of ether oxygens (including phenoxy) is 1. The lowest BCUT2D eigenvalue weighted by molar-refractivity contribution is -0.120. The van der Waals surface area contributed by atoms with E-state index in [0.29, 0.717) is 13.0 Å². The second kappa shape index (κ2) is 7.90. The molecule has 1 aliphatic heterocycles. The zero-order valence-corrected chi connectivity index (χ0v) is 12.2. The molecule has 0 spiro atoms. The van der Waals surface area contributed by atoms with Crippen molar-refractivity contribution in [3.63, 3.8) is 0 Å². The Morgan fingerprint density at radius 1 is 1.40 bits per heavy atom. The number of rotatable bonds is 7. The highest BCUT2D eigenvalue weighted by molar-refractivity contribution is 5.78. The van der Waals surface area contributed by atoms with E-state index in [9.17, 15) is 4.79 Å². The predicted molar refractivity (Wildman–Crippen MR) is 79.9 cm³/mol. The summed E-state index contributed by atoms with van der Waals surface area (Å²) >= 11 is 0. The fourth-order valence-corrected chi connectivity index (χ4v) is 2.49. The third-order valence-electron chi connectivity index (χ3n) is 3.64. The molecule has 1 heterocycles. The largest absolute Gasteiger partial charge is 0.494 e. The molecule has 0 aromatic heterocycles. The summed E-state index contributed by atoms with van der Waals surface area (Å²) in [7, 11) is 0. The Morgan fingerprint density at radius 2 is 2.20 bits per heavy atom. The smallest absolute Gasteiger partial charge is 0.224 e. The van der Waals surface area contributed by atoms with Gasteiger partial charge in [0.05, 0.1) is 13.0 Å². The molecule has 4 nitrogen and oxygen atoms in total. The van der Waals surface area contributed by atoms with Crippen LogP contribution in [0.15, 0.2) is 24.3 Å². The number of amides is 1. The van der Waals surface area contributed by atoms with Crippen molar-refractivity contribution < 1.29 is 9.53 Å². The second-order valence-electron chi connectivity index (χ2n) is 5.25. The maximum Gasteiger partial charge on any atom is 0.224 e. The summed E-state index contributed by atoms with van der Waals surface area (Å²) in [6.45, 7) is 5.61. The van der Waals surface area contributed by atoms with Gasteiger partial charge in [0.25, 0.3) is 0 Å². The van der Waals surface area contributed by atoms with E-state index >= 15 is 0 Å². The van der Waals surface area contributed by atoms with Gasteiger partial charge in [0.1, 0.15) is 5.75 Å². The molecule has 0 radical (unpaired) electrons. The lowest BCUT2D eigenvalue weighted by atomic mass is 10.1. The topological polar surface area (TPSA) is 50.4 Å².